The molecule has 0 heterocycles. The first-order chi connectivity index (χ1) is 10.0. The van der Waals surface area contributed by atoms with Crippen LogP contribution >= 0.6 is 11.6 Å². The van der Waals surface area contributed by atoms with Gasteiger partial charge in [-0.3, -0.25) is 4.79 Å². The molecule has 1 amide bonds. The molecule has 6 heteroatoms. The average molecular weight is 309 g/mol. The molecular formula is C15H14ClFN2O2. The Hall–Kier alpha value is -2.27. The quantitative estimate of drug-likeness (QED) is 0.831. The van der Waals surface area contributed by atoms with Crippen LogP contribution in [-0.2, 0) is 4.79 Å². The van der Waals surface area contributed by atoms with Crippen LogP contribution in [0.5, 0.6) is 5.75 Å². The van der Waals surface area contributed by atoms with Gasteiger partial charge >= 0.3 is 0 Å². The number of nitrogens with two attached hydrogens (primary N) is 1. The lowest BCUT2D eigenvalue weighted by Gasteiger charge is -2.09. The largest absolute Gasteiger partial charge is 0.493 e. The van der Waals surface area contributed by atoms with Gasteiger partial charge in [-0.25, -0.2) is 4.39 Å². The van der Waals surface area contributed by atoms with E-state index < -0.39 is 0 Å². The predicted molar refractivity (Wildman–Crippen MR) is 81.0 cm³/mol. The van der Waals surface area contributed by atoms with Crippen LogP contribution in [0.25, 0.3) is 0 Å². The summed E-state index contributed by atoms with van der Waals surface area (Å²) < 4.78 is 18.2. The Morgan fingerprint density at radius 3 is 2.81 bits per heavy atom. The number of carbonyl (C=O) groups excluding carboxylic acids is 1. The number of hydrogen-bond donors (Lipinski definition) is 2. The monoisotopic (exact) mass is 308 g/mol. The van der Waals surface area contributed by atoms with E-state index in [9.17, 15) is 9.18 Å². The lowest BCUT2D eigenvalue weighted by molar-refractivity contribution is -0.116. The van der Waals surface area contributed by atoms with E-state index in [0.29, 0.717) is 22.1 Å². The van der Waals surface area contributed by atoms with Gasteiger partial charge in [0, 0.05) is 11.8 Å². The minimum Gasteiger partial charge on any atom is -0.493 e. The van der Waals surface area contributed by atoms with Gasteiger partial charge < -0.3 is 15.8 Å². The maximum atomic E-state index is 12.9. The number of amides is 1. The highest BCUT2D eigenvalue weighted by atomic mass is 35.5. The highest BCUT2D eigenvalue weighted by molar-refractivity contribution is 6.34. The molecule has 0 bridgehead atoms. The van der Waals surface area contributed by atoms with Gasteiger partial charge in [0.15, 0.2) is 0 Å². The number of nitrogen functional groups attached to an aromatic ring is 1. The molecule has 2 aromatic rings. The summed E-state index contributed by atoms with van der Waals surface area (Å²) in [5.41, 5.74) is 6.58. The molecule has 0 radical (unpaired) electrons. The zero-order valence-corrected chi connectivity index (χ0v) is 11.9. The minimum atomic E-state index is -0.384. The van der Waals surface area contributed by atoms with E-state index in [-0.39, 0.29) is 24.8 Å². The third-order valence-electron chi connectivity index (χ3n) is 2.66. The van der Waals surface area contributed by atoms with Gasteiger partial charge in [0.25, 0.3) is 0 Å². The number of benzene rings is 2. The second-order valence-corrected chi connectivity index (χ2v) is 4.75. The molecule has 0 aliphatic carbocycles. The number of carbonyl (C=O) groups is 1. The summed E-state index contributed by atoms with van der Waals surface area (Å²) in [6.07, 6.45) is 0.122. The van der Waals surface area contributed by atoms with Gasteiger partial charge in [-0.2, -0.15) is 0 Å². The molecular weight excluding hydrogens is 295 g/mol. The standard InChI is InChI=1S/C15H14ClFN2O2/c16-13-9-11(18)4-5-14(13)19-15(20)6-7-21-12-3-1-2-10(17)8-12/h1-5,8-9H,6-7,18H2,(H,19,20). The maximum Gasteiger partial charge on any atom is 0.227 e. The number of nitrogens with one attached hydrogen (secondary N) is 1. The highest BCUT2D eigenvalue weighted by Crippen LogP contribution is 2.24. The summed E-state index contributed by atoms with van der Waals surface area (Å²) in [6.45, 7) is 0.141. The van der Waals surface area contributed by atoms with Crippen molar-refractivity contribution in [1.82, 2.24) is 0 Å². The van der Waals surface area contributed by atoms with Crippen LogP contribution in [0, 0.1) is 5.82 Å². The van der Waals surface area contributed by atoms with Crippen molar-refractivity contribution in [1.29, 1.82) is 0 Å². The summed E-state index contributed by atoms with van der Waals surface area (Å²) in [4.78, 5) is 11.8. The van der Waals surface area contributed by atoms with Gasteiger partial charge in [0.1, 0.15) is 11.6 Å². The van der Waals surface area contributed by atoms with Crippen LogP contribution in [0.2, 0.25) is 5.02 Å². The van der Waals surface area contributed by atoms with Crippen LogP contribution in [0.4, 0.5) is 15.8 Å². The van der Waals surface area contributed by atoms with Crippen molar-refractivity contribution in [3.63, 3.8) is 0 Å². The number of rotatable bonds is 5. The SMILES string of the molecule is Nc1ccc(NC(=O)CCOc2cccc(F)c2)c(Cl)c1. The normalized spacial score (nSPS) is 10.2. The van der Waals surface area contributed by atoms with Crippen molar-refractivity contribution < 1.29 is 13.9 Å². The maximum absolute atomic E-state index is 12.9. The zero-order chi connectivity index (χ0) is 15.2. The number of anilines is 2. The fraction of sp³-hybridized carbons (Fsp3) is 0.133. The van der Waals surface area contributed by atoms with E-state index >= 15 is 0 Å². The molecule has 3 N–H and O–H groups in total. The Morgan fingerprint density at radius 2 is 2.10 bits per heavy atom. The summed E-state index contributed by atoms with van der Waals surface area (Å²) >= 11 is 5.95. The van der Waals surface area contributed by atoms with E-state index in [0.717, 1.165) is 0 Å². The highest BCUT2D eigenvalue weighted by Gasteiger charge is 2.06. The van der Waals surface area contributed by atoms with Crippen molar-refractivity contribution in [2.24, 2.45) is 0 Å². The fourth-order valence-electron chi connectivity index (χ4n) is 1.66. The van der Waals surface area contributed by atoms with E-state index in [1.807, 2.05) is 0 Å². The van der Waals surface area contributed by atoms with Crippen molar-refractivity contribution in [3.05, 3.63) is 53.3 Å². The Balaban J connectivity index is 1.82. The average Bonchev–Trinajstić information content (AvgIpc) is 2.42. The second kappa shape index (κ2) is 6.95. The van der Waals surface area contributed by atoms with E-state index in [2.05, 4.69) is 5.32 Å². The first-order valence-electron chi connectivity index (χ1n) is 6.28. The smallest absolute Gasteiger partial charge is 0.227 e. The van der Waals surface area contributed by atoms with Gasteiger partial charge in [-0.05, 0) is 30.3 Å². The molecule has 0 atom stereocenters. The summed E-state index contributed by atoms with van der Waals surface area (Å²) in [5.74, 6) is -0.253. The van der Waals surface area contributed by atoms with Crippen molar-refractivity contribution >= 4 is 28.9 Å². The predicted octanol–water partition coefficient (Wildman–Crippen LogP) is 3.47. The molecule has 2 rings (SSSR count). The van der Waals surface area contributed by atoms with Crippen LogP contribution in [0.1, 0.15) is 6.42 Å². The molecule has 4 nitrogen and oxygen atoms in total. The zero-order valence-electron chi connectivity index (χ0n) is 11.1. The molecule has 0 aromatic heterocycles. The molecule has 0 aliphatic rings. The number of ether oxygens (including phenoxy) is 1. The molecule has 0 spiro atoms. The first kappa shape index (κ1) is 15.1. The molecule has 0 unspecified atom stereocenters. The van der Waals surface area contributed by atoms with Crippen LogP contribution in [0.3, 0.4) is 0 Å². The fourth-order valence-corrected chi connectivity index (χ4v) is 1.90. The lowest BCUT2D eigenvalue weighted by atomic mass is 10.2. The lowest BCUT2D eigenvalue weighted by Crippen LogP contribution is -2.15. The van der Waals surface area contributed by atoms with Crippen molar-refractivity contribution in [2.45, 2.75) is 6.42 Å². The molecule has 0 saturated carbocycles. The number of halogens is 2. The number of hydrogen-bond acceptors (Lipinski definition) is 3. The Bertz CT molecular complexity index is 649. The molecule has 110 valence electrons. The molecule has 0 fully saturated rings. The van der Waals surface area contributed by atoms with Crippen molar-refractivity contribution in [2.75, 3.05) is 17.7 Å². The molecule has 0 aliphatic heterocycles. The molecule has 2 aromatic carbocycles. The Kier molecular flexibility index (Phi) is 5.00. The van der Waals surface area contributed by atoms with Crippen LogP contribution < -0.4 is 15.8 Å². The van der Waals surface area contributed by atoms with Crippen LogP contribution in [-0.4, -0.2) is 12.5 Å². The van der Waals surface area contributed by atoms with Gasteiger partial charge in [-0.1, -0.05) is 17.7 Å². The Labute approximate surface area is 126 Å². The van der Waals surface area contributed by atoms with E-state index in [1.165, 1.54) is 12.1 Å². The molecule has 0 saturated heterocycles. The third-order valence-corrected chi connectivity index (χ3v) is 2.97. The summed E-state index contributed by atoms with van der Waals surface area (Å²) in [7, 11) is 0. The topological polar surface area (TPSA) is 64.3 Å². The van der Waals surface area contributed by atoms with Crippen LogP contribution in [0.15, 0.2) is 42.5 Å². The minimum absolute atomic E-state index is 0.122. The van der Waals surface area contributed by atoms with Gasteiger partial charge in [0.2, 0.25) is 5.91 Å². The van der Waals surface area contributed by atoms with Crippen molar-refractivity contribution in [3.8, 4) is 5.75 Å². The van der Waals surface area contributed by atoms with E-state index in [4.69, 9.17) is 22.1 Å². The van der Waals surface area contributed by atoms with Gasteiger partial charge in [-0.15, -0.1) is 0 Å². The van der Waals surface area contributed by atoms with Gasteiger partial charge in [0.05, 0.1) is 23.7 Å². The summed E-state index contributed by atoms with van der Waals surface area (Å²) in [6, 6.07) is 10.6. The second-order valence-electron chi connectivity index (χ2n) is 4.34. The molecule has 21 heavy (non-hydrogen) atoms. The Morgan fingerprint density at radius 1 is 1.29 bits per heavy atom. The first-order valence-corrected chi connectivity index (χ1v) is 6.65. The third kappa shape index (κ3) is 4.65. The van der Waals surface area contributed by atoms with E-state index in [1.54, 1.807) is 30.3 Å². The summed E-state index contributed by atoms with van der Waals surface area (Å²) in [5, 5.41) is 3.02.